The summed E-state index contributed by atoms with van der Waals surface area (Å²) in [7, 11) is 0. The van der Waals surface area contributed by atoms with Crippen molar-refractivity contribution in [1.82, 2.24) is 5.32 Å². The molecule has 0 bridgehead atoms. The first-order chi connectivity index (χ1) is 9.72. The van der Waals surface area contributed by atoms with E-state index in [1.165, 1.54) is 5.56 Å². The van der Waals surface area contributed by atoms with Gasteiger partial charge in [-0.2, -0.15) is 0 Å². The third-order valence-electron chi connectivity index (χ3n) is 3.35. The standard InChI is InChI=1S/C18H21NO/c1-3-4-13-19-18(20)17-8-6-5-7-16(17)15-11-9-14(2)10-12-15/h5-12H,3-4,13H2,1-2H3,(H,19,20). The number of carbonyl (C=O) groups excluding carboxylic acids is 1. The minimum Gasteiger partial charge on any atom is -0.352 e. The maximum Gasteiger partial charge on any atom is 0.251 e. The van der Waals surface area contributed by atoms with E-state index in [2.05, 4.69) is 43.4 Å². The van der Waals surface area contributed by atoms with Gasteiger partial charge in [-0.15, -0.1) is 0 Å². The van der Waals surface area contributed by atoms with Gasteiger partial charge in [-0.3, -0.25) is 4.79 Å². The van der Waals surface area contributed by atoms with Crippen molar-refractivity contribution in [3.05, 3.63) is 59.7 Å². The maximum absolute atomic E-state index is 12.3. The number of hydrogen-bond acceptors (Lipinski definition) is 1. The Balaban J connectivity index is 2.26. The molecule has 0 heterocycles. The fourth-order valence-electron chi connectivity index (χ4n) is 2.14. The number of aryl methyl sites for hydroxylation is 1. The van der Waals surface area contributed by atoms with Crippen LogP contribution in [0, 0.1) is 6.92 Å². The highest BCUT2D eigenvalue weighted by molar-refractivity contribution is 6.00. The molecule has 104 valence electrons. The van der Waals surface area contributed by atoms with Crippen LogP contribution in [0.2, 0.25) is 0 Å². The first-order valence-corrected chi connectivity index (χ1v) is 7.16. The van der Waals surface area contributed by atoms with E-state index in [-0.39, 0.29) is 5.91 Å². The summed E-state index contributed by atoms with van der Waals surface area (Å²) in [4.78, 5) is 12.3. The molecule has 1 N–H and O–H groups in total. The van der Waals surface area contributed by atoms with Crippen LogP contribution in [0.4, 0.5) is 0 Å². The molecule has 20 heavy (non-hydrogen) atoms. The average Bonchev–Trinajstić information content (AvgIpc) is 2.48. The molecule has 0 unspecified atom stereocenters. The Kier molecular flexibility index (Phi) is 4.94. The molecule has 0 aliphatic rings. The molecule has 0 saturated carbocycles. The van der Waals surface area contributed by atoms with E-state index in [0.717, 1.165) is 36.1 Å². The highest BCUT2D eigenvalue weighted by atomic mass is 16.1. The van der Waals surface area contributed by atoms with Gasteiger partial charge >= 0.3 is 0 Å². The van der Waals surface area contributed by atoms with Gasteiger partial charge in [0.1, 0.15) is 0 Å². The largest absolute Gasteiger partial charge is 0.352 e. The van der Waals surface area contributed by atoms with Crippen molar-refractivity contribution < 1.29 is 4.79 Å². The Hall–Kier alpha value is -2.09. The molecular weight excluding hydrogens is 246 g/mol. The van der Waals surface area contributed by atoms with Gasteiger partial charge < -0.3 is 5.32 Å². The highest BCUT2D eigenvalue weighted by Crippen LogP contribution is 2.24. The van der Waals surface area contributed by atoms with E-state index in [4.69, 9.17) is 0 Å². The van der Waals surface area contributed by atoms with Crippen molar-refractivity contribution in [3.63, 3.8) is 0 Å². The summed E-state index contributed by atoms with van der Waals surface area (Å²) in [5.41, 5.74) is 4.03. The molecule has 0 atom stereocenters. The number of amides is 1. The Bertz CT molecular complexity index is 572. The molecule has 0 aliphatic carbocycles. The lowest BCUT2D eigenvalue weighted by Crippen LogP contribution is -2.24. The van der Waals surface area contributed by atoms with E-state index in [9.17, 15) is 4.79 Å². The third-order valence-corrected chi connectivity index (χ3v) is 3.35. The van der Waals surface area contributed by atoms with Crippen LogP contribution in [0.5, 0.6) is 0 Å². The van der Waals surface area contributed by atoms with E-state index >= 15 is 0 Å². The zero-order valence-corrected chi connectivity index (χ0v) is 12.1. The quantitative estimate of drug-likeness (QED) is 0.808. The zero-order valence-electron chi connectivity index (χ0n) is 12.1. The van der Waals surface area contributed by atoms with Crippen LogP contribution < -0.4 is 5.32 Å². The van der Waals surface area contributed by atoms with Gasteiger partial charge in [0.2, 0.25) is 0 Å². The minimum atomic E-state index is 0.00891. The smallest absolute Gasteiger partial charge is 0.251 e. The molecule has 1 amide bonds. The molecule has 0 aromatic heterocycles. The van der Waals surface area contributed by atoms with Crippen LogP contribution in [-0.4, -0.2) is 12.5 Å². The van der Waals surface area contributed by atoms with Crippen molar-refractivity contribution in [1.29, 1.82) is 0 Å². The lowest BCUT2D eigenvalue weighted by Gasteiger charge is -2.10. The number of rotatable bonds is 5. The Morgan fingerprint density at radius 1 is 1.05 bits per heavy atom. The van der Waals surface area contributed by atoms with E-state index < -0.39 is 0 Å². The monoisotopic (exact) mass is 267 g/mol. The molecular formula is C18H21NO. The van der Waals surface area contributed by atoms with Gasteiger partial charge in [0.25, 0.3) is 5.91 Å². The van der Waals surface area contributed by atoms with Gasteiger partial charge in [-0.1, -0.05) is 61.4 Å². The summed E-state index contributed by atoms with van der Waals surface area (Å²) < 4.78 is 0. The van der Waals surface area contributed by atoms with Crippen LogP contribution in [0.15, 0.2) is 48.5 Å². The molecule has 2 aromatic rings. The number of benzene rings is 2. The number of hydrogen-bond donors (Lipinski definition) is 1. The number of nitrogens with one attached hydrogen (secondary N) is 1. The fourth-order valence-corrected chi connectivity index (χ4v) is 2.14. The fraction of sp³-hybridized carbons (Fsp3) is 0.278. The molecule has 2 heteroatoms. The van der Waals surface area contributed by atoms with Crippen LogP contribution in [0.25, 0.3) is 11.1 Å². The lowest BCUT2D eigenvalue weighted by molar-refractivity contribution is 0.0954. The third kappa shape index (κ3) is 3.47. The van der Waals surface area contributed by atoms with Gasteiger partial charge in [-0.25, -0.2) is 0 Å². The predicted molar refractivity (Wildman–Crippen MR) is 83.9 cm³/mol. The van der Waals surface area contributed by atoms with Crippen molar-refractivity contribution in [2.45, 2.75) is 26.7 Å². The first kappa shape index (κ1) is 14.3. The molecule has 2 aromatic carbocycles. The second-order valence-corrected chi connectivity index (χ2v) is 5.02. The zero-order chi connectivity index (χ0) is 14.4. The summed E-state index contributed by atoms with van der Waals surface area (Å²) >= 11 is 0. The van der Waals surface area contributed by atoms with Crippen LogP contribution in [0.1, 0.15) is 35.7 Å². The van der Waals surface area contributed by atoms with Gasteiger partial charge in [0.05, 0.1) is 0 Å². The van der Waals surface area contributed by atoms with Gasteiger partial charge in [-0.05, 0) is 30.5 Å². The summed E-state index contributed by atoms with van der Waals surface area (Å²) in [5, 5.41) is 2.98. The van der Waals surface area contributed by atoms with Gasteiger partial charge in [0, 0.05) is 12.1 Å². The van der Waals surface area contributed by atoms with Crippen LogP contribution in [0.3, 0.4) is 0 Å². The second kappa shape index (κ2) is 6.90. The summed E-state index contributed by atoms with van der Waals surface area (Å²) in [5.74, 6) is 0.00891. The summed E-state index contributed by atoms with van der Waals surface area (Å²) in [6, 6.07) is 16.0. The Morgan fingerprint density at radius 2 is 1.75 bits per heavy atom. The maximum atomic E-state index is 12.3. The van der Waals surface area contributed by atoms with Crippen molar-refractivity contribution in [2.24, 2.45) is 0 Å². The lowest BCUT2D eigenvalue weighted by atomic mass is 9.98. The predicted octanol–water partition coefficient (Wildman–Crippen LogP) is 4.19. The molecule has 0 radical (unpaired) electrons. The Labute approximate surface area is 120 Å². The van der Waals surface area contributed by atoms with Crippen LogP contribution in [-0.2, 0) is 0 Å². The average molecular weight is 267 g/mol. The minimum absolute atomic E-state index is 0.00891. The molecule has 0 aliphatic heterocycles. The number of unbranched alkanes of at least 4 members (excludes halogenated alkanes) is 1. The Morgan fingerprint density at radius 3 is 2.45 bits per heavy atom. The molecule has 0 spiro atoms. The van der Waals surface area contributed by atoms with Crippen LogP contribution >= 0.6 is 0 Å². The second-order valence-electron chi connectivity index (χ2n) is 5.02. The van der Waals surface area contributed by atoms with Crippen molar-refractivity contribution in [2.75, 3.05) is 6.54 Å². The van der Waals surface area contributed by atoms with Gasteiger partial charge in [0.15, 0.2) is 0 Å². The summed E-state index contributed by atoms with van der Waals surface area (Å²) in [6.45, 7) is 4.91. The SMILES string of the molecule is CCCCNC(=O)c1ccccc1-c1ccc(C)cc1. The van der Waals surface area contributed by atoms with Crippen molar-refractivity contribution in [3.8, 4) is 11.1 Å². The molecule has 0 fully saturated rings. The normalized spacial score (nSPS) is 10.3. The van der Waals surface area contributed by atoms with E-state index in [0.29, 0.717) is 0 Å². The summed E-state index contributed by atoms with van der Waals surface area (Å²) in [6.07, 6.45) is 2.10. The molecule has 2 nitrogen and oxygen atoms in total. The topological polar surface area (TPSA) is 29.1 Å². The van der Waals surface area contributed by atoms with Crippen molar-refractivity contribution >= 4 is 5.91 Å². The molecule has 2 rings (SSSR count). The number of carbonyl (C=O) groups is 1. The highest BCUT2D eigenvalue weighted by Gasteiger charge is 2.11. The van der Waals surface area contributed by atoms with E-state index in [1.807, 2.05) is 24.3 Å². The van der Waals surface area contributed by atoms with E-state index in [1.54, 1.807) is 0 Å². The first-order valence-electron chi connectivity index (χ1n) is 7.16. The molecule has 0 saturated heterocycles.